The predicted octanol–water partition coefficient (Wildman–Crippen LogP) is 2.40. The number of hydrogen-bond acceptors (Lipinski definition) is 2. The van der Waals surface area contributed by atoms with E-state index in [9.17, 15) is 18.0 Å². The first-order valence-electron chi connectivity index (χ1n) is 4.80. The van der Waals surface area contributed by atoms with Crippen molar-refractivity contribution in [3.8, 4) is 0 Å². The van der Waals surface area contributed by atoms with Gasteiger partial charge in [0.1, 0.15) is 0 Å². The molecule has 0 aliphatic rings. The largest absolute Gasteiger partial charge is 0.393 e. The maximum Gasteiger partial charge on any atom is 0.393 e. The highest BCUT2D eigenvalue weighted by Gasteiger charge is 2.39. The van der Waals surface area contributed by atoms with Crippen LogP contribution in [0.5, 0.6) is 0 Å². The summed E-state index contributed by atoms with van der Waals surface area (Å²) in [4.78, 5) is 11.5. The Labute approximate surface area is 91.3 Å². The quantitative estimate of drug-likeness (QED) is 0.808. The average Bonchev–Trinajstić information content (AvgIpc) is 2.25. The standard InChI is InChI=1S/C11H12F3NO/c12-11(13,14)9(7-15)6-10(16)8-4-2-1-3-5-8/h1-5,9H,6-7,15H2/t9-/m0/s1. The monoisotopic (exact) mass is 231 g/mol. The van der Waals surface area contributed by atoms with Crippen molar-refractivity contribution < 1.29 is 18.0 Å². The first-order chi connectivity index (χ1) is 7.45. The summed E-state index contributed by atoms with van der Waals surface area (Å²) in [5.41, 5.74) is 5.30. The Kier molecular flexibility index (Phi) is 4.06. The molecule has 2 N–H and O–H groups in total. The zero-order chi connectivity index (χ0) is 12.2. The van der Waals surface area contributed by atoms with Gasteiger partial charge in [-0.2, -0.15) is 13.2 Å². The summed E-state index contributed by atoms with van der Waals surface area (Å²) >= 11 is 0. The van der Waals surface area contributed by atoms with Crippen LogP contribution >= 0.6 is 0 Å². The minimum absolute atomic E-state index is 0.283. The maximum absolute atomic E-state index is 12.4. The fraction of sp³-hybridized carbons (Fsp3) is 0.364. The Balaban J connectivity index is 2.71. The van der Waals surface area contributed by atoms with Crippen molar-refractivity contribution in [1.29, 1.82) is 0 Å². The summed E-state index contributed by atoms with van der Waals surface area (Å²) in [6.45, 7) is -0.567. The van der Waals surface area contributed by atoms with Crippen LogP contribution in [0.15, 0.2) is 30.3 Å². The van der Waals surface area contributed by atoms with Crippen molar-refractivity contribution in [2.75, 3.05) is 6.54 Å². The number of Topliss-reactive ketones (excluding diaryl/α,β-unsaturated/α-hetero) is 1. The van der Waals surface area contributed by atoms with Gasteiger partial charge in [-0.05, 0) is 0 Å². The highest BCUT2D eigenvalue weighted by Crippen LogP contribution is 2.28. The van der Waals surface area contributed by atoms with E-state index in [1.807, 2.05) is 0 Å². The maximum atomic E-state index is 12.4. The molecule has 0 fully saturated rings. The van der Waals surface area contributed by atoms with Gasteiger partial charge in [-0.3, -0.25) is 4.79 Å². The summed E-state index contributed by atoms with van der Waals surface area (Å²) in [7, 11) is 0. The highest BCUT2D eigenvalue weighted by atomic mass is 19.4. The van der Waals surface area contributed by atoms with Crippen LogP contribution in [0.2, 0.25) is 0 Å². The van der Waals surface area contributed by atoms with E-state index in [0.29, 0.717) is 0 Å². The molecule has 1 aromatic rings. The van der Waals surface area contributed by atoms with Crippen molar-refractivity contribution >= 4 is 5.78 Å². The molecule has 0 aliphatic carbocycles. The summed E-state index contributed by atoms with van der Waals surface area (Å²) in [6.07, 6.45) is -5.01. The van der Waals surface area contributed by atoms with Crippen LogP contribution in [-0.2, 0) is 0 Å². The second-order valence-corrected chi connectivity index (χ2v) is 3.47. The molecule has 2 nitrogen and oxygen atoms in total. The Bertz CT molecular complexity index is 348. The molecule has 1 atom stereocenters. The van der Waals surface area contributed by atoms with Crippen molar-refractivity contribution in [2.45, 2.75) is 12.6 Å². The first-order valence-corrected chi connectivity index (χ1v) is 4.80. The number of rotatable bonds is 4. The van der Waals surface area contributed by atoms with Crippen LogP contribution in [0.3, 0.4) is 0 Å². The third kappa shape index (κ3) is 3.34. The zero-order valence-corrected chi connectivity index (χ0v) is 8.50. The van der Waals surface area contributed by atoms with Crippen molar-refractivity contribution in [3.63, 3.8) is 0 Å². The average molecular weight is 231 g/mol. The lowest BCUT2D eigenvalue weighted by atomic mass is 9.98. The number of ketones is 1. The molecule has 0 spiro atoms. The molecule has 0 unspecified atom stereocenters. The molecular formula is C11H12F3NO. The molecular weight excluding hydrogens is 219 g/mol. The number of nitrogens with two attached hydrogens (primary N) is 1. The number of benzene rings is 1. The molecule has 0 amide bonds. The lowest BCUT2D eigenvalue weighted by Gasteiger charge is -2.17. The van der Waals surface area contributed by atoms with E-state index in [0.717, 1.165) is 0 Å². The van der Waals surface area contributed by atoms with Gasteiger partial charge in [-0.25, -0.2) is 0 Å². The Morgan fingerprint density at radius 2 is 1.81 bits per heavy atom. The second-order valence-electron chi connectivity index (χ2n) is 3.47. The fourth-order valence-electron chi connectivity index (χ4n) is 1.30. The second kappa shape index (κ2) is 5.12. The van der Waals surface area contributed by atoms with Crippen molar-refractivity contribution in [1.82, 2.24) is 0 Å². The normalized spacial score (nSPS) is 13.5. The highest BCUT2D eigenvalue weighted by molar-refractivity contribution is 5.96. The van der Waals surface area contributed by atoms with E-state index >= 15 is 0 Å². The smallest absolute Gasteiger partial charge is 0.330 e. The van der Waals surface area contributed by atoms with E-state index in [4.69, 9.17) is 5.73 Å². The topological polar surface area (TPSA) is 43.1 Å². The molecule has 0 bridgehead atoms. The summed E-state index contributed by atoms with van der Waals surface area (Å²) in [6, 6.07) is 7.90. The lowest BCUT2D eigenvalue weighted by Crippen LogP contribution is -2.32. The van der Waals surface area contributed by atoms with Crippen LogP contribution < -0.4 is 5.73 Å². The van der Waals surface area contributed by atoms with Crippen LogP contribution in [0.4, 0.5) is 13.2 Å². The molecule has 0 radical (unpaired) electrons. The van der Waals surface area contributed by atoms with Gasteiger partial charge in [0.25, 0.3) is 0 Å². The lowest BCUT2D eigenvalue weighted by molar-refractivity contribution is -0.170. The van der Waals surface area contributed by atoms with Gasteiger partial charge in [0.05, 0.1) is 5.92 Å². The molecule has 1 aromatic carbocycles. The van der Waals surface area contributed by atoms with E-state index < -0.39 is 30.8 Å². The molecule has 0 aliphatic heterocycles. The summed E-state index contributed by atoms with van der Waals surface area (Å²) < 4.78 is 37.1. The van der Waals surface area contributed by atoms with Crippen LogP contribution in [0.25, 0.3) is 0 Å². The SMILES string of the molecule is NC[C@H](CC(=O)c1ccccc1)C(F)(F)F. The van der Waals surface area contributed by atoms with Gasteiger partial charge in [0.2, 0.25) is 0 Å². The number of hydrogen-bond donors (Lipinski definition) is 1. The van der Waals surface area contributed by atoms with Gasteiger partial charge in [-0.15, -0.1) is 0 Å². The number of carbonyl (C=O) groups is 1. The van der Waals surface area contributed by atoms with Crippen molar-refractivity contribution in [2.24, 2.45) is 11.7 Å². The molecule has 88 valence electrons. The molecule has 0 saturated heterocycles. The van der Waals surface area contributed by atoms with E-state index in [2.05, 4.69) is 0 Å². The Hall–Kier alpha value is -1.36. The van der Waals surface area contributed by atoms with Crippen LogP contribution in [0.1, 0.15) is 16.8 Å². The third-order valence-corrected chi connectivity index (χ3v) is 2.27. The Morgan fingerprint density at radius 1 is 1.25 bits per heavy atom. The van der Waals surface area contributed by atoms with E-state index in [-0.39, 0.29) is 5.56 Å². The summed E-state index contributed by atoms with van der Waals surface area (Å²) in [5.74, 6) is -2.30. The molecule has 5 heteroatoms. The van der Waals surface area contributed by atoms with Gasteiger partial charge >= 0.3 is 6.18 Å². The van der Waals surface area contributed by atoms with Gasteiger partial charge in [0.15, 0.2) is 5.78 Å². The Morgan fingerprint density at radius 3 is 2.25 bits per heavy atom. The predicted molar refractivity (Wildman–Crippen MR) is 54.0 cm³/mol. The zero-order valence-electron chi connectivity index (χ0n) is 8.50. The minimum atomic E-state index is -4.42. The minimum Gasteiger partial charge on any atom is -0.330 e. The first kappa shape index (κ1) is 12.7. The fourth-order valence-corrected chi connectivity index (χ4v) is 1.30. The van der Waals surface area contributed by atoms with E-state index in [1.54, 1.807) is 18.2 Å². The number of alkyl halides is 3. The van der Waals surface area contributed by atoms with Crippen LogP contribution in [0, 0.1) is 5.92 Å². The third-order valence-electron chi connectivity index (χ3n) is 2.27. The number of carbonyl (C=O) groups excluding carboxylic acids is 1. The molecule has 0 aromatic heterocycles. The van der Waals surface area contributed by atoms with Gasteiger partial charge in [0, 0.05) is 18.5 Å². The molecule has 1 rings (SSSR count). The van der Waals surface area contributed by atoms with Crippen molar-refractivity contribution in [3.05, 3.63) is 35.9 Å². The van der Waals surface area contributed by atoms with Gasteiger partial charge in [-0.1, -0.05) is 30.3 Å². The molecule has 16 heavy (non-hydrogen) atoms. The van der Waals surface area contributed by atoms with Gasteiger partial charge < -0.3 is 5.73 Å². The van der Waals surface area contributed by atoms with Crippen LogP contribution in [-0.4, -0.2) is 18.5 Å². The molecule has 0 saturated carbocycles. The summed E-state index contributed by atoms with van der Waals surface area (Å²) in [5, 5.41) is 0. The molecule has 0 heterocycles. The number of halogens is 3. The van der Waals surface area contributed by atoms with E-state index in [1.165, 1.54) is 12.1 Å².